The number of rotatable bonds is 8. The lowest BCUT2D eigenvalue weighted by Gasteiger charge is -2.21. The Labute approximate surface area is 143 Å². The molecule has 130 valence electrons. The van der Waals surface area contributed by atoms with Gasteiger partial charge in [0.2, 0.25) is 17.7 Å². The fourth-order valence-electron chi connectivity index (χ4n) is 1.76. The summed E-state index contributed by atoms with van der Waals surface area (Å²) in [6, 6.07) is 6.63. The van der Waals surface area contributed by atoms with Gasteiger partial charge in [0.05, 0.1) is 13.1 Å². The van der Waals surface area contributed by atoms with Crippen LogP contribution in [0.3, 0.4) is 0 Å². The van der Waals surface area contributed by atoms with Gasteiger partial charge in [-0.3, -0.25) is 19.2 Å². The molecule has 0 aliphatic heterocycles. The summed E-state index contributed by atoms with van der Waals surface area (Å²) in [6.45, 7) is 0.226. The molecule has 0 aliphatic carbocycles. The molecule has 0 unspecified atom stereocenters. The van der Waals surface area contributed by atoms with Crippen molar-refractivity contribution in [2.45, 2.75) is 13.5 Å². The van der Waals surface area contributed by atoms with Gasteiger partial charge in [-0.05, 0) is 17.7 Å². The fourth-order valence-corrected chi connectivity index (χ4v) is 1.88. The van der Waals surface area contributed by atoms with Crippen LogP contribution in [-0.2, 0) is 25.7 Å². The van der Waals surface area contributed by atoms with Gasteiger partial charge >= 0.3 is 5.97 Å². The number of nitrogens with one attached hydrogen (secondary N) is 2. The zero-order chi connectivity index (χ0) is 18.1. The predicted octanol–water partition coefficient (Wildman–Crippen LogP) is 0.00550. The standard InChI is InChI=1S/C15H18ClN3O5/c1-10(20)17-6-13(21)18-7-14(22)19(9-15(23)24)8-11-2-4-12(16)5-3-11/h2-5H,6-9H2,1H3,(H,17,20)(H,18,21)(H,23,24). The van der Waals surface area contributed by atoms with E-state index in [2.05, 4.69) is 10.6 Å². The number of aliphatic carboxylic acids is 1. The Hall–Kier alpha value is -2.61. The first-order chi connectivity index (χ1) is 11.3. The summed E-state index contributed by atoms with van der Waals surface area (Å²) < 4.78 is 0. The maximum absolute atomic E-state index is 12.1. The molecule has 0 saturated heterocycles. The molecule has 1 aromatic rings. The van der Waals surface area contributed by atoms with Crippen molar-refractivity contribution >= 4 is 35.3 Å². The molecule has 0 bridgehead atoms. The van der Waals surface area contributed by atoms with Gasteiger partial charge in [-0.2, -0.15) is 0 Å². The normalized spacial score (nSPS) is 9.92. The molecular formula is C15H18ClN3O5. The van der Waals surface area contributed by atoms with Crippen molar-refractivity contribution < 1.29 is 24.3 Å². The minimum atomic E-state index is -1.16. The summed E-state index contributed by atoms with van der Waals surface area (Å²) in [5, 5.41) is 14.1. The smallest absolute Gasteiger partial charge is 0.323 e. The van der Waals surface area contributed by atoms with Crippen molar-refractivity contribution in [3.63, 3.8) is 0 Å². The molecule has 0 aromatic heterocycles. The van der Waals surface area contributed by atoms with Crippen LogP contribution in [0, 0.1) is 0 Å². The van der Waals surface area contributed by atoms with Gasteiger partial charge in [-0.1, -0.05) is 23.7 Å². The molecule has 0 spiro atoms. The first-order valence-corrected chi connectivity index (χ1v) is 7.41. The molecule has 1 rings (SSSR count). The summed E-state index contributed by atoms with van der Waals surface area (Å²) in [5.41, 5.74) is 0.707. The third kappa shape index (κ3) is 7.59. The van der Waals surface area contributed by atoms with Gasteiger partial charge in [0.25, 0.3) is 0 Å². The highest BCUT2D eigenvalue weighted by Gasteiger charge is 2.18. The lowest BCUT2D eigenvalue weighted by molar-refractivity contribution is -0.144. The number of carboxylic acid groups (broad SMARTS) is 1. The molecule has 0 atom stereocenters. The number of nitrogens with zero attached hydrogens (tertiary/aromatic N) is 1. The Bertz CT molecular complexity index is 618. The van der Waals surface area contributed by atoms with Gasteiger partial charge in [0, 0.05) is 18.5 Å². The van der Waals surface area contributed by atoms with Gasteiger partial charge in [0.1, 0.15) is 6.54 Å². The average Bonchev–Trinajstić information content (AvgIpc) is 2.51. The second kappa shape index (κ2) is 9.51. The summed E-state index contributed by atoms with van der Waals surface area (Å²) in [6.07, 6.45) is 0. The molecule has 0 fully saturated rings. The van der Waals surface area contributed by atoms with Gasteiger partial charge in [-0.25, -0.2) is 0 Å². The van der Waals surface area contributed by atoms with Gasteiger partial charge in [-0.15, -0.1) is 0 Å². The van der Waals surface area contributed by atoms with Crippen LogP contribution in [0.15, 0.2) is 24.3 Å². The third-order valence-corrected chi connectivity index (χ3v) is 3.15. The Morgan fingerprint density at radius 1 is 1.08 bits per heavy atom. The van der Waals surface area contributed by atoms with Crippen LogP contribution >= 0.6 is 11.6 Å². The molecule has 0 radical (unpaired) electrons. The van der Waals surface area contributed by atoms with E-state index in [0.717, 1.165) is 4.90 Å². The van der Waals surface area contributed by atoms with E-state index in [1.807, 2.05) is 0 Å². The number of hydrogen-bond donors (Lipinski definition) is 3. The van der Waals surface area contributed by atoms with Crippen molar-refractivity contribution in [3.05, 3.63) is 34.9 Å². The van der Waals surface area contributed by atoms with Gasteiger partial charge < -0.3 is 20.6 Å². The third-order valence-electron chi connectivity index (χ3n) is 2.90. The fraction of sp³-hybridized carbons (Fsp3) is 0.333. The maximum atomic E-state index is 12.1. The van der Waals surface area contributed by atoms with E-state index < -0.39 is 24.3 Å². The number of carbonyl (C=O) groups excluding carboxylic acids is 3. The zero-order valence-electron chi connectivity index (χ0n) is 13.0. The monoisotopic (exact) mass is 355 g/mol. The predicted molar refractivity (Wildman–Crippen MR) is 86.2 cm³/mol. The first kappa shape index (κ1) is 19.4. The maximum Gasteiger partial charge on any atom is 0.323 e. The Morgan fingerprint density at radius 3 is 2.25 bits per heavy atom. The van der Waals surface area contributed by atoms with Crippen LogP contribution < -0.4 is 10.6 Å². The van der Waals surface area contributed by atoms with Crippen molar-refractivity contribution in [2.75, 3.05) is 19.6 Å². The summed E-state index contributed by atoms with van der Waals surface area (Å²) in [7, 11) is 0. The van der Waals surface area contributed by atoms with Crippen LogP contribution in [0.5, 0.6) is 0 Å². The zero-order valence-corrected chi connectivity index (χ0v) is 13.8. The van der Waals surface area contributed by atoms with E-state index >= 15 is 0 Å². The average molecular weight is 356 g/mol. The summed E-state index contributed by atoms with van der Waals surface area (Å²) in [5.74, 6) is -2.63. The summed E-state index contributed by atoms with van der Waals surface area (Å²) in [4.78, 5) is 46.3. The molecule has 24 heavy (non-hydrogen) atoms. The quantitative estimate of drug-likeness (QED) is 0.607. The second-order valence-corrected chi connectivity index (χ2v) is 5.39. The largest absolute Gasteiger partial charge is 0.480 e. The molecular weight excluding hydrogens is 338 g/mol. The highest BCUT2D eigenvalue weighted by Crippen LogP contribution is 2.11. The van der Waals surface area contributed by atoms with Crippen molar-refractivity contribution in [3.8, 4) is 0 Å². The summed E-state index contributed by atoms with van der Waals surface area (Å²) >= 11 is 5.78. The minimum absolute atomic E-state index is 0.0733. The molecule has 0 heterocycles. The molecule has 8 nitrogen and oxygen atoms in total. The van der Waals surface area contributed by atoms with E-state index in [1.165, 1.54) is 6.92 Å². The molecule has 1 aromatic carbocycles. The first-order valence-electron chi connectivity index (χ1n) is 7.03. The van der Waals surface area contributed by atoms with Crippen LogP contribution in [0.25, 0.3) is 0 Å². The van der Waals surface area contributed by atoms with Crippen LogP contribution in [0.2, 0.25) is 5.02 Å². The SMILES string of the molecule is CC(=O)NCC(=O)NCC(=O)N(CC(=O)O)Cc1ccc(Cl)cc1. The van der Waals surface area contributed by atoms with Crippen LogP contribution in [0.1, 0.15) is 12.5 Å². The Kier molecular flexibility index (Phi) is 7.70. The van der Waals surface area contributed by atoms with E-state index in [-0.39, 0.29) is 25.5 Å². The molecule has 3 amide bonds. The number of carboxylic acids is 1. The molecule has 0 aliphatic rings. The minimum Gasteiger partial charge on any atom is -0.480 e. The Morgan fingerprint density at radius 2 is 1.71 bits per heavy atom. The van der Waals surface area contributed by atoms with Crippen molar-refractivity contribution in [1.29, 1.82) is 0 Å². The highest BCUT2D eigenvalue weighted by molar-refractivity contribution is 6.30. The lowest BCUT2D eigenvalue weighted by Crippen LogP contribution is -2.44. The Balaban J connectivity index is 2.61. The second-order valence-electron chi connectivity index (χ2n) is 4.96. The number of benzene rings is 1. The van der Waals surface area contributed by atoms with E-state index in [4.69, 9.17) is 16.7 Å². The van der Waals surface area contributed by atoms with Crippen molar-refractivity contribution in [1.82, 2.24) is 15.5 Å². The molecule has 3 N–H and O–H groups in total. The number of carbonyl (C=O) groups is 4. The van der Waals surface area contributed by atoms with Crippen LogP contribution in [-0.4, -0.2) is 53.3 Å². The topological polar surface area (TPSA) is 116 Å². The van der Waals surface area contributed by atoms with E-state index in [0.29, 0.717) is 10.6 Å². The van der Waals surface area contributed by atoms with E-state index in [1.54, 1.807) is 24.3 Å². The molecule has 9 heteroatoms. The van der Waals surface area contributed by atoms with Gasteiger partial charge in [0.15, 0.2) is 0 Å². The number of hydrogen-bond acceptors (Lipinski definition) is 4. The highest BCUT2D eigenvalue weighted by atomic mass is 35.5. The lowest BCUT2D eigenvalue weighted by atomic mass is 10.2. The van der Waals surface area contributed by atoms with Crippen molar-refractivity contribution in [2.24, 2.45) is 0 Å². The number of amides is 3. The van der Waals surface area contributed by atoms with E-state index in [9.17, 15) is 19.2 Å². The molecule has 0 saturated carbocycles. The van der Waals surface area contributed by atoms with Crippen LogP contribution in [0.4, 0.5) is 0 Å². The number of halogens is 1.